The molecule has 0 saturated carbocycles. The summed E-state index contributed by atoms with van der Waals surface area (Å²) in [6.07, 6.45) is 0.601. The number of nitriles is 1. The Hall–Kier alpha value is -1.29. The molecule has 0 unspecified atom stereocenters. The fourth-order valence-electron chi connectivity index (χ4n) is 1.04. The van der Waals surface area contributed by atoms with E-state index < -0.39 is 0 Å². The van der Waals surface area contributed by atoms with Gasteiger partial charge in [-0.15, -0.1) is 0 Å². The van der Waals surface area contributed by atoms with E-state index in [-0.39, 0.29) is 0 Å². The molecule has 0 aliphatic heterocycles. The van der Waals surface area contributed by atoms with Gasteiger partial charge in [0.15, 0.2) is 0 Å². The number of hydrogen-bond acceptors (Lipinski definition) is 1. The zero-order valence-electron chi connectivity index (χ0n) is 6.62. The summed E-state index contributed by atoms with van der Waals surface area (Å²) in [6, 6.07) is 12.3. The van der Waals surface area contributed by atoms with Crippen molar-refractivity contribution in [3.63, 3.8) is 0 Å². The molecule has 0 aliphatic rings. The molecule has 0 fully saturated rings. The molecule has 0 saturated heterocycles. The lowest BCUT2D eigenvalue weighted by atomic mass is 9.99. The highest BCUT2D eigenvalue weighted by Crippen LogP contribution is 2.16. The van der Waals surface area contributed by atoms with E-state index in [9.17, 15) is 0 Å². The van der Waals surface area contributed by atoms with Gasteiger partial charge in [-0.3, -0.25) is 0 Å². The molecule has 11 heavy (non-hydrogen) atoms. The van der Waals surface area contributed by atoms with E-state index in [0.717, 1.165) is 0 Å². The molecule has 1 aromatic rings. The van der Waals surface area contributed by atoms with Crippen LogP contribution < -0.4 is 0 Å². The Morgan fingerprint density at radius 3 is 2.55 bits per heavy atom. The first-order valence-corrected chi connectivity index (χ1v) is 3.76. The summed E-state index contributed by atoms with van der Waals surface area (Å²) in [5.41, 5.74) is 1.24. The third-order valence-corrected chi connectivity index (χ3v) is 1.77. The molecule has 0 N–H and O–H groups in total. The van der Waals surface area contributed by atoms with Crippen molar-refractivity contribution >= 4 is 0 Å². The van der Waals surface area contributed by atoms with Crippen LogP contribution >= 0.6 is 0 Å². The summed E-state index contributed by atoms with van der Waals surface area (Å²) in [7, 11) is 0. The maximum atomic E-state index is 8.45. The van der Waals surface area contributed by atoms with Gasteiger partial charge >= 0.3 is 0 Å². The van der Waals surface area contributed by atoms with Crippen LogP contribution in [0.4, 0.5) is 0 Å². The smallest absolute Gasteiger partial charge is 0.0628 e. The summed E-state index contributed by atoms with van der Waals surface area (Å²) < 4.78 is 0. The SMILES string of the molecule is C[C@H](CC#N)c1ccccc1. The maximum Gasteiger partial charge on any atom is 0.0628 e. The average Bonchev–Trinajstić information content (AvgIpc) is 2.07. The van der Waals surface area contributed by atoms with E-state index in [1.54, 1.807) is 0 Å². The molecular weight excluding hydrogens is 134 g/mol. The van der Waals surface area contributed by atoms with Crippen molar-refractivity contribution in [3.8, 4) is 6.07 Å². The molecule has 0 bridgehead atoms. The Bertz CT molecular complexity index is 245. The molecule has 56 valence electrons. The van der Waals surface area contributed by atoms with E-state index in [1.807, 2.05) is 18.2 Å². The first kappa shape index (κ1) is 7.81. The molecule has 1 aromatic carbocycles. The summed E-state index contributed by atoms with van der Waals surface area (Å²) in [6.45, 7) is 2.07. The lowest BCUT2D eigenvalue weighted by Crippen LogP contribution is -1.90. The largest absolute Gasteiger partial charge is 0.198 e. The van der Waals surface area contributed by atoms with Crippen LogP contribution in [0.3, 0.4) is 0 Å². The standard InChI is InChI=1S/C10H11N/c1-9(7-8-11)10-5-3-2-4-6-10/h2-6,9H,7H2,1H3/t9-/m1/s1. The number of nitrogens with zero attached hydrogens (tertiary/aromatic N) is 1. The lowest BCUT2D eigenvalue weighted by molar-refractivity contribution is 0.789. The number of rotatable bonds is 2. The van der Waals surface area contributed by atoms with Crippen LogP contribution in [0.1, 0.15) is 24.8 Å². The molecule has 0 heterocycles. The van der Waals surface area contributed by atoms with Crippen molar-refractivity contribution in [1.29, 1.82) is 5.26 Å². The van der Waals surface area contributed by atoms with E-state index in [4.69, 9.17) is 5.26 Å². The van der Waals surface area contributed by atoms with Gasteiger partial charge in [0.1, 0.15) is 0 Å². The number of benzene rings is 1. The predicted octanol–water partition coefficient (Wildman–Crippen LogP) is 2.70. The van der Waals surface area contributed by atoms with E-state index in [1.165, 1.54) is 5.56 Å². The van der Waals surface area contributed by atoms with Crippen molar-refractivity contribution in [1.82, 2.24) is 0 Å². The third kappa shape index (κ3) is 2.09. The van der Waals surface area contributed by atoms with Crippen LogP contribution in [0.25, 0.3) is 0 Å². The summed E-state index contributed by atoms with van der Waals surface area (Å²) in [5.74, 6) is 0.362. The van der Waals surface area contributed by atoms with Crippen molar-refractivity contribution in [2.24, 2.45) is 0 Å². The minimum atomic E-state index is 0.362. The normalized spacial score (nSPS) is 12.0. The van der Waals surface area contributed by atoms with Crippen molar-refractivity contribution in [2.75, 3.05) is 0 Å². The molecule has 0 radical (unpaired) electrons. The van der Waals surface area contributed by atoms with Crippen LogP contribution in [-0.4, -0.2) is 0 Å². The van der Waals surface area contributed by atoms with Gasteiger partial charge in [-0.05, 0) is 11.5 Å². The molecule has 0 spiro atoms. The van der Waals surface area contributed by atoms with Gasteiger partial charge in [-0.25, -0.2) is 0 Å². The van der Waals surface area contributed by atoms with Gasteiger partial charge in [0.2, 0.25) is 0 Å². The summed E-state index contributed by atoms with van der Waals surface area (Å²) in [4.78, 5) is 0. The monoisotopic (exact) mass is 145 g/mol. The Kier molecular flexibility index (Phi) is 2.68. The molecular formula is C10H11N. The highest BCUT2D eigenvalue weighted by atomic mass is 14.2. The quantitative estimate of drug-likeness (QED) is 0.627. The van der Waals surface area contributed by atoms with Crippen LogP contribution in [0.15, 0.2) is 30.3 Å². The zero-order valence-corrected chi connectivity index (χ0v) is 6.62. The first-order chi connectivity index (χ1) is 5.34. The van der Waals surface area contributed by atoms with Gasteiger partial charge < -0.3 is 0 Å². The van der Waals surface area contributed by atoms with Crippen molar-refractivity contribution < 1.29 is 0 Å². The Balaban J connectivity index is 2.70. The Morgan fingerprint density at radius 2 is 2.00 bits per heavy atom. The van der Waals surface area contributed by atoms with E-state index >= 15 is 0 Å². The second-order valence-electron chi connectivity index (χ2n) is 2.67. The fraction of sp³-hybridized carbons (Fsp3) is 0.300. The van der Waals surface area contributed by atoms with Gasteiger partial charge in [-0.1, -0.05) is 37.3 Å². The van der Waals surface area contributed by atoms with Gasteiger partial charge in [0.05, 0.1) is 6.07 Å². The van der Waals surface area contributed by atoms with Crippen molar-refractivity contribution in [3.05, 3.63) is 35.9 Å². The van der Waals surface area contributed by atoms with E-state index in [2.05, 4.69) is 25.1 Å². The Labute approximate surface area is 67.3 Å². The molecule has 1 nitrogen and oxygen atoms in total. The minimum Gasteiger partial charge on any atom is -0.198 e. The summed E-state index contributed by atoms with van der Waals surface area (Å²) in [5, 5.41) is 8.45. The maximum absolute atomic E-state index is 8.45. The fourth-order valence-corrected chi connectivity index (χ4v) is 1.04. The topological polar surface area (TPSA) is 23.8 Å². The summed E-state index contributed by atoms with van der Waals surface area (Å²) >= 11 is 0. The first-order valence-electron chi connectivity index (χ1n) is 3.76. The molecule has 0 aliphatic carbocycles. The van der Waals surface area contributed by atoms with E-state index in [0.29, 0.717) is 12.3 Å². The second kappa shape index (κ2) is 3.78. The molecule has 0 aromatic heterocycles. The lowest BCUT2D eigenvalue weighted by Gasteiger charge is -2.05. The van der Waals surface area contributed by atoms with Gasteiger partial charge in [-0.2, -0.15) is 5.26 Å². The van der Waals surface area contributed by atoms with Crippen molar-refractivity contribution in [2.45, 2.75) is 19.3 Å². The van der Waals surface area contributed by atoms with Crippen LogP contribution in [0, 0.1) is 11.3 Å². The number of hydrogen-bond donors (Lipinski definition) is 0. The molecule has 1 rings (SSSR count). The van der Waals surface area contributed by atoms with Gasteiger partial charge in [0.25, 0.3) is 0 Å². The van der Waals surface area contributed by atoms with Crippen LogP contribution in [0.2, 0.25) is 0 Å². The average molecular weight is 145 g/mol. The molecule has 1 heteroatoms. The van der Waals surface area contributed by atoms with Crippen LogP contribution in [-0.2, 0) is 0 Å². The zero-order chi connectivity index (χ0) is 8.10. The minimum absolute atomic E-state index is 0.362. The predicted molar refractivity (Wildman–Crippen MR) is 45.1 cm³/mol. The highest BCUT2D eigenvalue weighted by molar-refractivity contribution is 5.19. The third-order valence-electron chi connectivity index (χ3n) is 1.77. The van der Waals surface area contributed by atoms with Gasteiger partial charge in [0, 0.05) is 6.42 Å². The van der Waals surface area contributed by atoms with Crippen LogP contribution in [0.5, 0.6) is 0 Å². The molecule has 0 amide bonds. The Morgan fingerprint density at radius 1 is 1.36 bits per heavy atom. The second-order valence-corrected chi connectivity index (χ2v) is 2.67. The molecule has 1 atom stereocenters. The highest BCUT2D eigenvalue weighted by Gasteiger charge is 2.01.